The van der Waals surface area contributed by atoms with Gasteiger partial charge in [-0.1, -0.05) is 36.4 Å². The summed E-state index contributed by atoms with van der Waals surface area (Å²) < 4.78 is 98.8. The molecular weight excluding hydrogens is 519 g/mol. The molecule has 1 N–H and O–H groups in total. The zero-order valence-electron chi connectivity index (χ0n) is 20.1. The first-order valence-electron chi connectivity index (χ1n) is 11.7. The minimum absolute atomic E-state index is 0.149. The number of ether oxygens (including phenoxy) is 2. The van der Waals surface area contributed by atoms with Gasteiger partial charge in [0.1, 0.15) is 11.5 Å². The molecule has 1 unspecified atom stereocenters. The van der Waals surface area contributed by atoms with Gasteiger partial charge in [0.25, 0.3) is 0 Å². The van der Waals surface area contributed by atoms with Crippen molar-refractivity contribution in [2.75, 3.05) is 11.4 Å². The Bertz CT molecular complexity index is 1260. The third-order valence-electron chi connectivity index (χ3n) is 6.10. The lowest BCUT2D eigenvalue weighted by atomic mass is 9.86. The predicted octanol–water partition coefficient (Wildman–Crippen LogP) is 7.36. The Hall–Kier alpha value is -3.47. The molecule has 3 aromatic carbocycles. The van der Waals surface area contributed by atoms with Crippen molar-refractivity contribution in [1.82, 2.24) is 0 Å². The van der Waals surface area contributed by atoms with Gasteiger partial charge in [0, 0.05) is 12.2 Å². The fourth-order valence-corrected chi connectivity index (χ4v) is 4.69. The predicted molar refractivity (Wildman–Crippen MR) is 127 cm³/mol. The van der Waals surface area contributed by atoms with E-state index in [9.17, 15) is 35.8 Å². The summed E-state index contributed by atoms with van der Waals surface area (Å²) in [4.78, 5) is 1.87. The van der Waals surface area contributed by atoms with Crippen LogP contribution in [0.3, 0.4) is 0 Å². The van der Waals surface area contributed by atoms with Gasteiger partial charge in [-0.2, -0.15) is 17.6 Å². The number of nitrogens with zero attached hydrogens (tertiary/aromatic N) is 1. The summed E-state index contributed by atoms with van der Waals surface area (Å²) in [7, 11) is 0. The molecule has 0 saturated heterocycles. The van der Waals surface area contributed by atoms with E-state index in [2.05, 4.69) is 9.47 Å². The molecule has 0 radical (unpaired) electrons. The average Bonchev–Trinajstić information content (AvgIpc) is 2.82. The first-order chi connectivity index (χ1) is 17.8. The topological polar surface area (TPSA) is 41.9 Å². The zero-order valence-corrected chi connectivity index (χ0v) is 20.1. The number of hydrogen-bond donors (Lipinski definition) is 1. The smallest absolute Gasteiger partial charge is 0.428 e. The van der Waals surface area contributed by atoms with Crippen molar-refractivity contribution in [3.05, 3.63) is 77.9 Å². The van der Waals surface area contributed by atoms with Crippen molar-refractivity contribution in [2.24, 2.45) is 0 Å². The zero-order chi connectivity index (χ0) is 27.7. The molecule has 3 aromatic rings. The maximum atomic E-state index is 13.5. The van der Waals surface area contributed by atoms with E-state index < -0.39 is 36.8 Å². The van der Waals surface area contributed by atoms with E-state index in [-0.39, 0.29) is 12.3 Å². The van der Waals surface area contributed by atoms with E-state index in [0.29, 0.717) is 35.2 Å². The third kappa shape index (κ3) is 6.32. The Balaban J connectivity index is 1.71. The number of halogens is 7. The quantitative estimate of drug-likeness (QED) is 0.302. The molecule has 4 nitrogen and oxygen atoms in total. The molecule has 2 atom stereocenters. The largest absolute Gasteiger partial charge is 0.573 e. The summed E-state index contributed by atoms with van der Waals surface area (Å²) in [5.74, 6) is -0.787. The summed E-state index contributed by atoms with van der Waals surface area (Å²) in [6.07, 6.45) is -13.4. The molecule has 11 heteroatoms. The summed E-state index contributed by atoms with van der Waals surface area (Å²) in [6.45, 7) is 1.73. The van der Waals surface area contributed by atoms with Crippen molar-refractivity contribution >= 4 is 5.69 Å². The van der Waals surface area contributed by atoms with Gasteiger partial charge in [0.05, 0.1) is 12.1 Å². The molecule has 0 spiro atoms. The maximum Gasteiger partial charge on any atom is 0.573 e. The lowest BCUT2D eigenvalue weighted by Crippen LogP contribution is -2.38. The lowest BCUT2D eigenvalue weighted by molar-refractivity contribution is -0.274. The fourth-order valence-electron chi connectivity index (χ4n) is 4.69. The molecule has 204 valence electrons. The Morgan fingerprint density at radius 1 is 0.921 bits per heavy atom. The highest BCUT2D eigenvalue weighted by Crippen LogP contribution is 2.44. The van der Waals surface area contributed by atoms with Gasteiger partial charge >= 0.3 is 18.9 Å². The molecule has 0 aromatic heterocycles. The number of fused-ring (bicyclic) bond motifs is 1. The van der Waals surface area contributed by atoms with E-state index >= 15 is 0 Å². The summed E-state index contributed by atoms with van der Waals surface area (Å²) in [6, 6.07) is 16.0. The number of alkyl halides is 7. The number of anilines is 1. The van der Waals surface area contributed by atoms with Crippen LogP contribution in [0.1, 0.15) is 30.5 Å². The van der Waals surface area contributed by atoms with Gasteiger partial charge in [0.15, 0.2) is 0 Å². The monoisotopic (exact) mass is 543 g/mol. The van der Waals surface area contributed by atoms with Gasteiger partial charge in [-0.3, -0.25) is 0 Å². The standard InChI is InChI=1S/C27H24F7NO3/c1-16(36)15-35-23(18-6-3-7-19(14-18)37-26(30,31)25(28)29)12-11-22-21(9-4-10-24(22)35)17-5-2-8-20(13-17)38-27(32,33)34/h2-10,13-14,16,23,25,36H,11-12,15H2,1H3/t16?,23-/m0/s1. The highest BCUT2D eigenvalue weighted by atomic mass is 19.4. The number of rotatable bonds is 8. The van der Waals surface area contributed by atoms with Crippen LogP contribution in [0.5, 0.6) is 11.5 Å². The van der Waals surface area contributed by atoms with Crippen LogP contribution < -0.4 is 14.4 Å². The molecule has 4 rings (SSSR count). The maximum absolute atomic E-state index is 13.5. The Morgan fingerprint density at radius 3 is 2.24 bits per heavy atom. The molecular formula is C27H24F7NO3. The second-order valence-electron chi connectivity index (χ2n) is 8.97. The molecule has 0 aliphatic carbocycles. The molecule has 0 bridgehead atoms. The Morgan fingerprint density at radius 2 is 1.58 bits per heavy atom. The molecule has 1 heterocycles. The fraction of sp³-hybridized carbons (Fsp3) is 0.333. The molecule has 1 aliphatic heterocycles. The number of benzene rings is 3. The van der Waals surface area contributed by atoms with Crippen LogP contribution in [-0.4, -0.2) is 36.7 Å². The van der Waals surface area contributed by atoms with Gasteiger partial charge in [0.2, 0.25) is 0 Å². The Kier molecular flexibility index (Phi) is 7.78. The van der Waals surface area contributed by atoms with Gasteiger partial charge in [-0.05, 0) is 72.4 Å². The minimum atomic E-state index is -4.84. The normalized spacial score (nSPS) is 16.8. The van der Waals surface area contributed by atoms with Crippen LogP contribution in [-0.2, 0) is 6.42 Å². The number of aliphatic hydroxyl groups excluding tert-OH is 1. The van der Waals surface area contributed by atoms with Crippen LogP contribution in [0.2, 0.25) is 0 Å². The van der Waals surface area contributed by atoms with Crippen molar-refractivity contribution in [1.29, 1.82) is 0 Å². The van der Waals surface area contributed by atoms with Gasteiger partial charge < -0.3 is 19.5 Å². The van der Waals surface area contributed by atoms with E-state index in [0.717, 1.165) is 11.6 Å². The second-order valence-corrected chi connectivity index (χ2v) is 8.97. The highest BCUT2D eigenvalue weighted by molar-refractivity contribution is 5.76. The van der Waals surface area contributed by atoms with E-state index in [1.165, 1.54) is 30.3 Å². The van der Waals surface area contributed by atoms with Gasteiger partial charge in [-0.25, -0.2) is 0 Å². The van der Waals surface area contributed by atoms with Crippen molar-refractivity contribution in [2.45, 2.75) is 50.8 Å². The van der Waals surface area contributed by atoms with Gasteiger partial charge in [-0.15, -0.1) is 13.2 Å². The summed E-state index contributed by atoms with van der Waals surface area (Å²) >= 11 is 0. The first-order valence-corrected chi connectivity index (χ1v) is 11.7. The number of β-amino-alcohol motifs (C(OH)–C–C–N with tert-alkyl or cyclic N) is 1. The second kappa shape index (κ2) is 10.7. The summed E-state index contributed by atoms with van der Waals surface area (Å²) in [5, 5.41) is 10.2. The lowest BCUT2D eigenvalue weighted by Gasteiger charge is -2.41. The SMILES string of the molecule is CC(O)CN1c2cccc(-c3cccc(OC(F)(F)F)c3)c2CC[C@H]1c1cccc(OC(F)(F)C(F)F)c1. The van der Waals surface area contributed by atoms with E-state index in [1.54, 1.807) is 37.3 Å². The van der Waals surface area contributed by atoms with Crippen LogP contribution in [0.4, 0.5) is 36.4 Å². The van der Waals surface area contributed by atoms with Crippen molar-refractivity contribution < 1.29 is 45.3 Å². The van der Waals surface area contributed by atoms with Crippen LogP contribution in [0, 0.1) is 0 Å². The molecule has 0 saturated carbocycles. The average molecular weight is 543 g/mol. The highest BCUT2D eigenvalue weighted by Gasteiger charge is 2.44. The van der Waals surface area contributed by atoms with Crippen LogP contribution in [0.25, 0.3) is 11.1 Å². The third-order valence-corrected chi connectivity index (χ3v) is 6.10. The number of hydrogen-bond acceptors (Lipinski definition) is 4. The Labute approximate surface area is 214 Å². The van der Waals surface area contributed by atoms with Crippen LogP contribution in [0.15, 0.2) is 66.7 Å². The molecule has 1 aliphatic rings. The van der Waals surface area contributed by atoms with E-state index in [1.807, 2.05) is 4.90 Å². The molecule has 0 amide bonds. The van der Waals surface area contributed by atoms with Crippen molar-refractivity contribution in [3.8, 4) is 22.6 Å². The molecule has 0 fully saturated rings. The molecule has 38 heavy (non-hydrogen) atoms. The number of aliphatic hydroxyl groups is 1. The summed E-state index contributed by atoms with van der Waals surface area (Å²) in [5.41, 5.74) is 3.22. The van der Waals surface area contributed by atoms with Crippen molar-refractivity contribution in [3.63, 3.8) is 0 Å². The first kappa shape index (κ1) is 27.6. The van der Waals surface area contributed by atoms with E-state index in [4.69, 9.17) is 0 Å². The van der Waals surface area contributed by atoms with Crippen LogP contribution >= 0.6 is 0 Å². The minimum Gasteiger partial charge on any atom is -0.428 e.